The van der Waals surface area contributed by atoms with Gasteiger partial charge in [-0.3, -0.25) is 0 Å². The van der Waals surface area contributed by atoms with Crippen LogP contribution in [0.25, 0.3) is 0 Å². The molecule has 0 amide bonds. The first-order chi connectivity index (χ1) is 8.16. The lowest BCUT2D eigenvalue weighted by Crippen LogP contribution is -2.11. The number of rotatable bonds is 4. The maximum Gasteiger partial charge on any atom is 0.141 e. The van der Waals surface area contributed by atoms with E-state index in [9.17, 15) is 4.39 Å². The Morgan fingerprint density at radius 2 is 2.06 bits per heavy atom. The Morgan fingerprint density at radius 3 is 2.71 bits per heavy atom. The Kier molecular flexibility index (Phi) is 4.87. The summed E-state index contributed by atoms with van der Waals surface area (Å²) in [4.78, 5) is 0.592. The molecule has 0 heterocycles. The number of aryl methyl sites for hydroxylation is 1. The lowest BCUT2D eigenvalue weighted by molar-refractivity contribution is 0.506. The van der Waals surface area contributed by atoms with Gasteiger partial charge in [0.2, 0.25) is 0 Å². The van der Waals surface area contributed by atoms with Gasteiger partial charge in [-0.25, -0.2) is 4.39 Å². The van der Waals surface area contributed by atoms with Crippen LogP contribution in [0.3, 0.4) is 0 Å². The summed E-state index contributed by atoms with van der Waals surface area (Å²) in [6.45, 7) is 0. The van der Waals surface area contributed by atoms with Gasteiger partial charge in [-0.1, -0.05) is 46.4 Å². The van der Waals surface area contributed by atoms with E-state index in [1.165, 1.54) is 31.7 Å². The van der Waals surface area contributed by atoms with Crippen LogP contribution in [0, 0.1) is 11.7 Å². The van der Waals surface area contributed by atoms with Crippen LogP contribution in [0.15, 0.2) is 18.2 Å². The van der Waals surface area contributed by atoms with Crippen molar-refractivity contribution in [3.8, 4) is 0 Å². The second-order valence-corrected chi connectivity index (χ2v) is 6.43. The molecule has 0 N–H and O–H groups in total. The first-order valence-corrected chi connectivity index (χ1v) is 7.54. The van der Waals surface area contributed by atoms with E-state index < -0.39 is 0 Å². The summed E-state index contributed by atoms with van der Waals surface area (Å²) in [5.74, 6) is 0.493. The summed E-state index contributed by atoms with van der Waals surface area (Å²) in [5, 5.41) is 0.231. The maximum atomic E-state index is 13.0. The SMILES string of the molecule is Fc1ccc(CCC(Br)C2CCCC2)cc1Cl. The summed E-state index contributed by atoms with van der Waals surface area (Å²) < 4.78 is 13.0. The van der Waals surface area contributed by atoms with Crippen molar-refractivity contribution in [2.45, 2.75) is 43.4 Å². The summed E-state index contributed by atoms with van der Waals surface area (Å²) >= 11 is 9.56. The van der Waals surface area contributed by atoms with Crippen LogP contribution in [0.4, 0.5) is 4.39 Å². The zero-order valence-electron chi connectivity index (χ0n) is 9.76. The second kappa shape index (κ2) is 6.19. The number of hydrogen-bond acceptors (Lipinski definition) is 0. The van der Waals surface area contributed by atoms with Gasteiger partial charge in [-0.2, -0.15) is 0 Å². The highest BCUT2D eigenvalue weighted by molar-refractivity contribution is 9.09. The lowest BCUT2D eigenvalue weighted by atomic mass is 9.98. The largest absolute Gasteiger partial charge is 0.205 e. The van der Waals surface area contributed by atoms with Crippen molar-refractivity contribution < 1.29 is 4.39 Å². The third-order valence-corrected chi connectivity index (χ3v) is 5.10. The Hall–Kier alpha value is -0.0800. The summed E-state index contributed by atoms with van der Waals surface area (Å²) in [6.07, 6.45) is 7.50. The molecular weight excluding hydrogens is 303 g/mol. The average Bonchev–Trinajstić information content (AvgIpc) is 2.84. The topological polar surface area (TPSA) is 0 Å². The van der Waals surface area contributed by atoms with E-state index in [-0.39, 0.29) is 10.8 Å². The van der Waals surface area contributed by atoms with Crippen molar-refractivity contribution in [2.24, 2.45) is 5.92 Å². The van der Waals surface area contributed by atoms with Gasteiger partial charge in [-0.05, 0) is 49.3 Å². The monoisotopic (exact) mass is 318 g/mol. The molecule has 0 aliphatic heterocycles. The van der Waals surface area contributed by atoms with Gasteiger partial charge >= 0.3 is 0 Å². The molecule has 94 valence electrons. The number of halogens is 3. The normalized spacial score (nSPS) is 18.5. The van der Waals surface area contributed by atoms with E-state index in [2.05, 4.69) is 15.9 Å². The quantitative estimate of drug-likeness (QED) is 0.655. The molecule has 0 saturated heterocycles. The van der Waals surface area contributed by atoms with Crippen molar-refractivity contribution >= 4 is 27.5 Å². The zero-order chi connectivity index (χ0) is 12.3. The van der Waals surface area contributed by atoms with Crippen molar-refractivity contribution in [1.29, 1.82) is 0 Å². The van der Waals surface area contributed by atoms with E-state index in [1.807, 2.05) is 6.07 Å². The van der Waals surface area contributed by atoms with Gasteiger partial charge < -0.3 is 0 Å². The molecule has 0 radical (unpaired) electrons. The Morgan fingerprint density at radius 1 is 1.35 bits per heavy atom. The van der Waals surface area contributed by atoms with E-state index in [0.29, 0.717) is 4.83 Å². The van der Waals surface area contributed by atoms with Crippen molar-refractivity contribution in [3.05, 3.63) is 34.6 Å². The Balaban J connectivity index is 1.86. The number of alkyl halides is 1. The minimum Gasteiger partial charge on any atom is -0.205 e. The van der Waals surface area contributed by atoms with Crippen LogP contribution < -0.4 is 0 Å². The Bertz CT molecular complexity index is 374. The third-order valence-electron chi connectivity index (χ3n) is 3.60. The van der Waals surface area contributed by atoms with Gasteiger partial charge in [-0.15, -0.1) is 0 Å². The van der Waals surface area contributed by atoms with E-state index in [1.54, 1.807) is 6.07 Å². The standard InChI is InChI=1S/C14H17BrClF/c15-12(11-3-1-2-4-11)7-5-10-6-8-14(17)13(16)9-10/h6,8-9,11-12H,1-5,7H2. The highest BCUT2D eigenvalue weighted by Gasteiger charge is 2.22. The highest BCUT2D eigenvalue weighted by atomic mass is 79.9. The molecule has 1 atom stereocenters. The molecule has 1 aliphatic rings. The fourth-order valence-corrected chi connectivity index (χ4v) is 3.52. The molecule has 1 aliphatic carbocycles. The molecule has 0 bridgehead atoms. The number of hydrogen-bond donors (Lipinski definition) is 0. The van der Waals surface area contributed by atoms with Gasteiger partial charge in [0.05, 0.1) is 5.02 Å². The molecule has 3 heteroatoms. The molecule has 2 rings (SSSR count). The average molecular weight is 320 g/mol. The van der Waals surface area contributed by atoms with E-state index >= 15 is 0 Å². The van der Waals surface area contributed by atoms with Gasteiger partial charge in [0.25, 0.3) is 0 Å². The minimum atomic E-state index is -0.332. The first-order valence-electron chi connectivity index (χ1n) is 6.25. The van der Waals surface area contributed by atoms with Gasteiger partial charge in [0.15, 0.2) is 0 Å². The molecule has 0 aromatic heterocycles. The highest BCUT2D eigenvalue weighted by Crippen LogP contribution is 2.33. The fraction of sp³-hybridized carbons (Fsp3) is 0.571. The zero-order valence-corrected chi connectivity index (χ0v) is 12.1. The summed E-state index contributed by atoms with van der Waals surface area (Å²) in [5.41, 5.74) is 1.12. The van der Waals surface area contributed by atoms with Crippen LogP contribution >= 0.6 is 27.5 Å². The van der Waals surface area contributed by atoms with Crippen LogP contribution in [0.2, 0.25) is 5.02 Å². The molecule has 0 spiro atoms. The van der Waals surface area contributed by atoms with Gasteiger partial charge in [0, 0.05) is 4.83 Å². The van der Waals surface area contributed by atoms with E-state index in [4.69, 9.17) is 11.6 Å². The van der Waals surface area contributed by atoms with Crippen LogP contribution in [0.1, 0.15) is 37.7 Å². The fourth-order valence-electron chi connectivity index (χ4n) is 2.55. The maximum absolute atomic E-state index is 13.0. The van der Waals surface area contributed by atoms with Crippen LogP contribution in [-0.4, -0.2) is 4.83 Å². The molecule has 1 unspecified atom stereocenters. The first kappa shape index (κ1) is 13.4. The molecule has 1 saturated carbocycles. The molecule has 1 fully saturated rings. The minimum absolute atomic E-state index is 0.231. The molecule has 1 aromatic rings. The summed E-state index contributed by atoms with van der Waals surface area (Å²) in [6, 6.07) is 5.03. The summed E-state index contributed by atoms with van der Waals surface area (Å²) in [7, 11) is 0. The second-order valence-electron chi connectivity index (χ2n) is 4.85. The molecule has 0 nitrogen and oxygen atoms in total. The number of benzene rings is 1. The predicted octanol–water partition coefficient (Wildman–Crippen LogP) is 5.37. The molecule has 1 aromatic carbocycles. The van der Waals surface area contributed by atoms with Crippen LogP contribution in [-0.2, 0) is 6.42 Å². The van der Waals surface area contributed by atoms with Crippen LogP contribution in [0.5, 0.6) is 0 Å². The lowest BCUT2D eigenvalue weighted by Gasteiger charge is -2.16. The van der Waals surface area contributed by atoms with Gasteiger partial charge in [0.1, 0.15) is 5.82 Å². The van der Waals surface area contributed by atoms with Crippen molar-refractivity contribution in [1.82, 2.24) is 0 Å². The van der Waals surface area contributed by atoms with Crippen molar-refractivity contribution in [3.63, 3.8) is 0 Å². The van der Waals surface area contributed by atoms with Crippen molar-refractivity contribution in [2.75, 3.05) is 0 Å². The van der Waals surface area contributed by atoms with E-state index in [0.717, 1.165) is 24.3 Å². The smallest absolute Gasteiger partial charge is 0.141 e. The Labute approximate surface area is 116 Å². The molecule has 17 heavy (non-hydrogen) atoms. The molecular formula is C14H17BrClF. The third kappa shape index (κ3) is 3.69. The predicted molar refractivity (Wildman–Crippen MR) is 74.4 cm³/mol.